The number of hydrogen-bond donors (Lipinski definition) is 4. The van der Waals surface area contributed by atoms with Crippen molar-refractivity contribution in [3.8, 4) is 0 Å². The van der Waals surface area contributed by atoms with Crippen molar-refractivity contribution in [2.75, 3.05) is 32.1 Å². The molecule has 0 aromatic heterocycles. The van der Waals surface area contributed by atoms with Crippen LogP contribution in [0.2, 0.25) is 0 Å². The monoisotopic (exact) mass is 470 g/mol. The molecular formula is C13H26ClN4Na3O8. The van der Waals surface area contributed by atoms with Crippen molar-refractivity contribution in [3.63, 3.8) is 0 Å². The largest absolute Gasteiger partial charge is 1.00 e. The molecule has 0 amide bonds. The average Bonchev–Trinajstić information content (AvgIpc) is 2.56. The normalized spacial score (nSPS) is 5.62. The third kappa shape index (κ3) is 343. The first-order valence-electron chi connectivity index (χ1n) is 5.75. The molecule has 6 N–H and O–H groups in total. The van der Waals surface area contributed by atoms with Crippen LogP contribution in [0.1, 0.15) is 7.43 Å². The SMILES string of the molecule is C.NCCN.O=C(O)CCl.O=C=O.O=C=O.O=C=O.[CH2-]NCCN([CH2-])[CH2-].[Na+].[Na+].[Na+]. The van der Waals surface area contributed by atoms with Crippen LogP contribution in [0.15, 0.2) is 0 Å². The summed E-state index contributed by atoms with van der Waals surface area (Å²) in [7, 11) is 10.5. The molecule has 0 fully saturated rings. The van der Waals surface area contributed by atoms with Gasteiger partial charge in [-0.1, -0.05) is 7.43 Å². The van der Waals surface area contributed by atoms with E-state index in [4.69, 9.17) is 56.9 Å². The second-order valence-corrected chi connectivity index (χ2v) is 3.02. The Bertz CT molecular complexity index is 322. The number of alkyl halides is 1. The summed E-state index contributed by atoms with van der Waals surface area (Å²) in [6.45, 7) is 2.87. The molecule has 0 aliphatic carbocycles. The molecule has 0 radical (unpaired) electrons. The van der Waals surface area contributed by atoms with Crippen molar-refractivity contribution in [2.24, 2.45) is 11.5 Å². The summed E-state index contributed by atoms with van der Waals surface area (Å²) in [6.07, 6.45) is 0.750. The molecule has 0 aliphatic rings. The topological polar surface area (TPSA) is 207 Å². The maximum absolute atomic E-state index is 9.24. The van der Waals surface area contributed by atoms with E-state index in [0.717, 1.165) is 13.1 Å². The van der Waals surface area contributed by atoms with Gasteiger partial charge in [-0.05, 0) is 13.1 Å². The van der Waals surface area contributed by atoms with Gasteiger partial charge in [0.1, 0.15) is 5.88 Å². The first kappa shape index (κ1) is 63.0. The molecule has 12 nitrogen and oxygen atoms in total. The zero-order chi connectivity index (χ0) is 21.5. The van der Waals surface area contributed by atoms with Gasteiger partial charge >= 0.3 is 113 Å². The van der Waals surface area contributed by atoms with Crippen LogP contribution in [0, 0.1) is 21.1 Å². The predicted molar refractivity (Wildman–Crippen MR) is 89.0 cm³/mol. The number of carboxylic acids is 1. The van der Waals surface area contributed by atoms with Gasteiger partial charge in [0.2, 0.25) is 0 Å². The number of aliphatic carboxylic acids is 1. The Kier molecular flexibility index (Phi) is 194. The molecule has 0 aliphatic heterocycles. The van der Waals surface area contributed by atoms with Crippen molar-refractivity contribution in [1.82, 2.24) is 10.2 Å². The zero-order valence-corrected chi connectivity index (χ0v) is 23.2. The molecule has 0 saturated heterocycles. The number of rotatable bonds is 5. The first-order chi connectivity index (χ1) is 11.7. The van der Waals surface area contributed by atoms with Crippen molar-refractivity contribution in [3.05, 3.63) is 21.1 Å². The van der Waals surface area contributed by atoms with Crippen LogP contribution < -0.4 is 105 Å². The van der Waals surface area contributed by atoms with Gasteiger partial charge in [0.25, 0.3) is 0 Å². The summed E-state index contributed by atoms with van der Waals surface area (Å²) in [6, 6.07) is 0. The Morgan fingerprint density at radius 3 is 1.17 bits per heavy atom. The van der Waals surface area contributed by atoms with Crippen LogP contribution in [0.25, 0.3) is 0 Å². The molecule has 0 aromatic rings. The number of nitrogens with zero attached hydrogens (tertiary/aromatic N) is 1. The van der Waals surface area contributed by atoms with E-state index in [1.54, 1.807) is 4.90 Å². The van der Waals surface area contributed by atoms with E-state index in [-0.39, 0.29) is 120 Å². The summed E-state index contributed by atoms with van der Waals surface area (Å²) in [5.41, 5.74) is 9.81. The Morgan fingerprint density at radius 2 is 1.14 bits per heavy atom. The second-order valence-electron chi connectivity index (χ2n) is 2.75. The van der Waals surface area contributed by atoms with Gasteiger partial charge in [-0.3, -0.25) is 11.8 Å². The quantitative estimate of drug-likeness (QED) is 0.168. The number of carboxylic acid groups (broad SMARTS) is 1. The van der Waals surface area contributed by atoms with Crippen LogP contribution in [0.3, 0.4) is 0 Å². The Hall–Kier alpha value is 0.740. The third-order valence-electron chi connectivity index (χ3n) is 0.886. The molecule has 0 unspecified atom stereocenters. The van der Waals surface area contributed by atoms with E-state index in [0.29, 0.717) is 13.1 Å². The number of nitrogens with two attached hydrogens (primary N) is 2. The van der Waals surface area contributed by atoms with Gasteiger partial charge < -0.3 is 40.9 Å². The van der Waals surface area contributed by atoms with E-state index in [1.807, 2.05) is 0 Å². The Balaban J connectivity index is -0.0000000188. The van der Waals surface area contributed by atoms with Gasteiger partial charge in [0.15, 0.2) is 0 Å². The van der Waals surface area contributed by atoms with Crippen LogP contribution in [0.4, 0.5) is 0 Å². The molecular weight excluding hydrogens is 445 g/mol. The molecule has 0 bridgehead atoms. The maximum atomic E-state index is 9.24. The van der Waals surface area contributed by atoms with Gasteiger partial charge in [-0.15, -0.1) is 11.6 Å². The zero-order valence-electron chi connectivity index (χ0n) is 16.4. The number of hydrogen-bond acceptors (Lipinski definition) is 11. The van der Waals surface area contributed by atoms with Crippen LogP contribution in [0.5, 0.6) is 0 Å². The van der Waals surface area contributed by atoms with Crippen LogP contribution >= 0.6 is 11.6 Å². The van der Waals surface area contributed by atoms with E-state index < -0.39 is 5.97 Å². The summed E-state index contributed by atoms with van der Waals surface area (Å²) in [4.78, 5) is 59.6. The number of carbonyl (C=O) groups excluding carboxylic acids is 6. The Morgan fingerprint density at radius 1 is 0.931 bits per heavy atom. The number of carbonyl (C=O) groups is 1. The smallest absolute Gasteiger partial charge is 0.610 e. The molecule has 0 rings (SSSR count). The fourth-order valence-electron chi connectivity index (χ4n) is 0.237. The molecule has 0 atom stereocenters. The maximum Gasteiger partial charge on any atom is 1.00 e. The third-order valence-corrected chi connectivity index (χ3v) is 1.11. The summed E-state index contributed by atoms with van der Waals surface area (Å²) < 4.78 is 0. The van der Waals surface area contributed by atoms with Crippen molar-refractivity contribution in [1.29, 1.82) is 0 Å². The molecule has 0 aromatic carbocycles. The van der Waals surface area contributed by atoms with Gasteiger partial charge in [-0.2, -0.15) is 28.8 Å². The fraction of sp³-hybridized carbons (Fsp3) is 0.462. The summed E-state index contributed by atoms with van der Waals surface area (Å²) in [5, 5.41) is 10.3. The summed E-state index contributed by atoms with van der Waals surface area (Å²) in [5.74, 6) is -1.29. The number of nitrogens with one attached hydrogen (secondary N) is 1. The second kappa shape index (κ2) is 89.3. The fourth-order valence-corrected chi connectivity index (χ4v) is 0.237. The first-order valence-corrected chi connectivity index (χ1v) is 6.28. The number of halogens is 1. The molecule has 0 saturated carbocycles. The van der Waals surface area contributed by atoms with Crippen LogP contribution in [-0.4, -0.2) is 66.5 Å². The molecule has 0 heterocycles. The van der Waals surface area contributed by atoms with Crippen LogP contribution in [-0.2, 0) is 33.6 Å². The molecule has 0 spiro atoms. The molecule has 29 heavy (non-hydrogen) atoms. The van der Waals surface area contributed by atoms with Gasteiger partial charge in [0.05, 0.1) is 0 Å². The van der Waals surface area contributed by atoms with E-state index in [2.05, 4.69) is 26.5 Å². The minimum atomic E-state index is -0.980. The predicted octanol–water partition coefficient (Wildman–Crippen LogP) is -10.6. The standard InChI is InChI=1S/C5H11N2.C2H3ClO2.C2H8N2.3CO2.CH4.3Na/c1-6-4-5-7(2)3;3-1-2(4)5;3-1-2-4;3*2-1-3;;;;/h6H,1-5H2;1H2,(H,4,5);1-4H2;;;;1H4;;;/q-3;;;;;;;3*+1. The molecule has 156 valence electrons. The average molecular weight is 471 g/mol. The van der Waals surface area contributed by atoms with Crippen molar-refractivity contribution in [2.45, 2.75) is 7.43 Å². The van der Waals surface area contributed by atoms with Gasteiger partial charge in [0, 0.05) is 13.1 Å². The summed E-state index contributed by atoms with van der Waals surface area (Å²) >= 11 is 4.74. The Labute approximate surface area is 243 Å². The van der Waals surface area contributed by atoms with E-state index in [1.165, 1.54) is 0 Å². The van der Waals surface area contributed by atoms with E-state index >= 15 is 0 Å². The van der Waals surface area contributed by atoms with Crippen molar-refractivity contribution >= 4 is 36.0 Å². The minimum Gasteiger partial charge on any atom is -0.610 e. The van der Waals surface area contributed by atoms with Crippen molar-refractivity contribution < 1.29 is 127 Å². The van der Waals surface area contributed by atoms with Gasteiger partial charge in [-0.25, -0.2) is 0 Å². The van der Waals surface area contributed by atoms with E-state index in [9.17, 15) is 4.79 Å². The molecule has 16 heteroatoms. The minimum absolute atomic E-state index is 0.